The summed E-state index contributed by atoms with van der Waals surface area (Å²) in [6.07, 6.45) is 0. The number of rotatable bonds is 4. The summed E-state index contributed by atoms with van der Waals surface area (Å²) in [6, 6.07) is 10.8. The van der Waals surface area contributed by atoms with Gasteiger partial charge in [0.15, 0.2) is 6.61 Å². The van der Waals surface area contributed by atoms with Crippen LogP contribution in [0.25, 0.3) is 11.1 Å². The second kappa shape index (κ2) is 8.09. The molecule has 7 nitrogen and oxygen atoms in total. The van der Waals surface area contributed by atoms with E-state index in [0.29, 0.717) is 55.8 Å². The highest BCUT2D eigenvalue weighted by Gasteiger charge is 2.56. The predicted octanol–water partition coefficient (Wildman–Crippen LogP) is 5.02. The van der Waals surface area contributed by atoms with Gasteiger partial charge in [0.2, 0.25) is 5.72 Å². The van der Waals surface area contributed by atoms with Crippen molar-refractivity contribution in [3.8, 4) is 5.75 Å². The first-order valence-electron chi connectivity index (χ1n) is 11.2. The molecule has 1 unspecified atom stereocenters. The van der Waals surface area contributed by atoms with Crippen molar-refractivity contribution in [1.29, 1.82) is 0 Å². The minimum atomic E-state index is -1.13. The van der Waals surface area contributed by atoms with E-state index in [-0.39, 0.29) is 19.8 Å². The summed E-state index contributed by atoms with van der Waals surface area (Å²) in [4.78, 5) is 28.1. The van der Waals surface area contributed by atoms with Crippen LogP contribution in [0.3, 0.4) is 0 Å². The van der Waals surface area contributed by atoms with Crippen LogP contribution in [0.15, 0.2) is 47.9 Å². The summed E-state index contributed by atoms with van der Waals surface area (Å²) in [5, 5.41) is 0.533. The van der Waals surface area contributed by atoms with Gasteiger partial charge in [0, 0.05) is 33.5 Å². The number of anilines is 1. The first-order chi connectivity index (χ1) is 16.3. The lowest BCUT2D eigenvalue weighted by molar-refractivity contribution is -0.137. The molecule has 0 radical (unpaired) electrons. The summed E-state index contributed by atoms with van der Waals surface area (Å²) in [7, 11) is 0. The van der Waals surface area contributed by atoms with E-state index in [9.17, 15) is 9.59 Å². The molecule has 0 N–H and O–H groups in total. The highest BCUT2D eigenvalue weighted by Crippen LogP contribution is 2.56. The lowest BCUT2D eigenvalue weighted by atomic mass is 9.78. The SMILES string of the molecule is CCOC(=O)C1=C(C)OC23COc4cc(Cl)ccc4N2C(C)=C(C(=O)OCC)c2cccc1c23. The first kappa shape index (κ1) is 22.3. The summed E-state index contributed by atoms with van der Waals surface area (Å²) < 4.78 is 23.5. The highest BCUT2D eigenvalue weighted by molar-refractivity contribution is 6.31. The third-order valence-electron chi connectivity index (χ3n) is 6.27. The molecular weight excluding hydrogens is 458 g/mol. The summed E-state index contributed by atoms with van der Waals surface area (Å²) in [6.45, 7) is 7.69. The van der Waals surface area contributed by atoms with Crippen LogP contribution in [0, 0.1) is 0 Å². The second-order valence-corrected chi connectivity index (χ2v) is 8.62. The molecule has 3 aliphatic heterocycles. The topological polar surface area (TPSA) is 74.3 Å². The fourth-order valence-corrected chi connectivity index (χ4v) is 5.26. The van der Waals surface area contributed by atoms with Crippen molar-refractivity contribution in [2.24, 2.45) is 0 Å². The molecule has 0 amide bonds. The van der Waals surface area contributed by atoms with Gasteiger partial charge in [-0.1, -0.05) is 29.8 Å². The Hall–Kier alpha value is -3.45. The van der Waals surface area contributed by atoms with Crippen molar-refractivity contribution >= 4 is 40.4 Å². The maximum absolute atomic E-state index is 13.2. The van der Waals surface area contributed by atoms with Crippen molar-refractivity contribution in [1.82, 2.24) is 0 Å². The van der Waals surface area contributed by atoms with E-state index in [1.165, 1.54) is 0 Å². The molecule has 0 fully saturated rings. The van der Waals surface area contributed by atoms with Gasteiger partial charge in [-0.05, 0) is 39.8 Å². The lowest BCUT2D eigenvalue weighted by Crippen LogP contribution is -2.58. The van der Waals surface area contributed by atoms with E-state index < -0.39 is 17.7 Å². The molecule has 34 heavy (non-hydrogen) atoms. The molecule has 2 aromatic carbocycles. The molecule has 3 heterocycles. The fourth-order valence-electron chi connectivity index (χ4n) is 5.09. The molecule has 0 aliphatic carbocycles. The molecule has 0 bridgehead atoms. The van der Waals surface area contributed by atoms with Gasteiger partial charge < -0.3 is 18.9 Å². The number of hydrogen-bond donors (Lipinski definition) is 0. The Morgan fingerprint density at radius 2 is 1.68 bits per heavy atom. The van der Waals surface area contributed by atoms with Crippen LogP contribution in [-0.4, -0.2) is 31.8 Å². The number of benzene rings is 2. The van der Waals surface area contributed by atoms with Gasteiger partial charge >= 0.3 is 11.9 Å². The van der Waals surface area contributed by atoms with Gasteiger partial charge in [-0.3, -0.25) is 4.90 Å². The van der Waals surface area contributed by atoms with Gasteiger partial charge in [-0.15, -0.1) is 0 Å². The van der Waals surface area contributed by atoms with E-state index in [0.717, 1.165) is 0 Å². The Bertz CT molecular complexity index is 1300. The number of ether oxygens (including phenoxy) is 4. The van der Waals surface area contributed by atoms with Crippen LogP contribution in [0.1, 0.15) is 44.4 Å². The number of allylic oxidation sites excluding steroid dienone is 2. The third-order valence-corrected chi connectivity index (χ3v) is 6.51. The quantitative estimate of drug-likeness (QED) is 0.567. The van der Waals surface area contributed by atoms with Gasteiger partial charge in [0.1, 0.15) is 17.1 Å². The zero-order chi connectivity index (χ0) is 24.2. The largest absolute Gasteiger partial charge is 0.485 e. The molecule has 1 atom stereocenters. The monoisotopic (exact) mass is 481 g/mol. The fraction of sp³-hybridized carbons (Fsp3) is 0.308. The molecule has 5 rings (SSSR count). The zero-order valence-electron chi connectivity index (χ0n) is 19.4. The number of carbonyl (C=O) groups is 2. The van der Waals surface area contributed by atoms with Crippen molar-refractivity contribution in [3.05, 3.63) is 69.6 Å². The van der Waals surface area contributed by atoms with Crippen molar-refractivity contribution < 1.29 is 28.5 Å². The minimum Gasteiger partial charge on any atom is -0.485 e. The maximum atomic E-state index is 13.2. The third kappa shape index (κ3) is 3.03. The summed E-state index contributed by atoms with van der Waals surface area (Å²) >= 11 is 6.23. The van der Waals surface area contributed by atoms with Crippen LogP contribution < -0.4 is 9.64 Å². The van der Waals surface area contributed by atoms with Gasteiger partial charge in [0.25, 0.3) is 0 Å². The molecule has 1 spiro atoms. The standard InChI is InChI=1S/C26H24ClNO6/c1-5-31-24(29)21-14(3)28-19-11-10-16(27)12-20(19)33-13-26(28)23-17(21)8-7-9-18(23)22(15(4)34-26)25(30)32-6-2/h7-12H,5-6,13H2,1-4H3. The number of fused-ring (bicyclic) bond motifs is 2. The molecule has 0 aromatic heterocycles. The van der Waals surface area contributed by atoms with Gasteiger partial charge in [-0.25, -0.2) is 9.59 Å². The molecule has 0 saturated heterocycles. The Morgan fingerprint density at radius 3 is 2.35 bits per heavy atom. The van der Waals surface area contributed by atoms with Crippen LogP contribution in [-0.2, 0) is 29.5 Å². The average molecular weight is 482 g/mol. The first-order valence-corrected chi connectivity index (χ1v) is 11.5. The van der Waals surface area contributed by atoms with E-state index in [1.54, 1.807) is 32.9 Å². The van der Waals surface area contributed by atoms with Crippen molar-refractivity contribution in [2.75, 3.05) is 24.7 Å². The van der Waals surface area contributed by atoms with Crippen molar-refractivity contribution in [2.45, 2.75) is 33.4 Å². The molecule has 0 saturated carbocycles. The molecule has 176 valence electrons. The number of esters is 2. The number of halogens is 1. The Morgan fingerprint density at radius 1 is 1.03 bits per heavy atom. The lowest BCUT2D eigenvalue weighted by Gasteiger charge is -2.53. The zero-order valence-corrected chi connectivity index (χ0v) is 20.1. The van der Waals surface area contributed by atoms with Crippen LogP contribution in [0.2, 0.25) is 5.02 Å². The summed E-state index contributed by atoms with van der Waals surface area (Å²) in [5.74, 6) is 0.0557. The molecule has 8 heteroatoms. The Labute approximate surface area is 202 Å². The van der Waals surface area contributed by atoms with Crippen LogP contribution >= 0.6 is 11.6 Å². The summed E-state index contributed by atoms with van der Waals surface area (Å²) in [5.41, 5.74) is 2.90. The van der Waals surface area contributed by atoms with Crippen LogP contribution in [0.5, 0.6) is 5.75 Å². The molecule has 3 aliphatic rings. The number of nitrogens with zero attached hydrogens (tertiary/aromatic N) is 1. The van der Waals surface area contributed by atoms with E-state index in [2.05, 4.69) is 0 Å². The Balaban J connectivity index is 1.85. The molecular formula is C26H24ClNO6. The predicted molar refractivity (Wildman–Crippen MR) is 127 cm³/mol. The van der Waals surface area contributed by atoms with Gasteiger partial charge in [0.05, 0.1) is 24.5 Å². The highest BCUT2D eigenvalue weighted by atomic mass is 35.5. The smallest absolute Gasteiger partial charge is 0.342 e. The van der Waals surface area contributed by atoms with Crippen molar-refractivity contribution in [3.63, 3.8) is 0 Å². The molecule has 2 aromatic rings. The van der Waals surface area contributed by atoms with E-state index in [1.807, 2.05) is 36.1 Å². The van der Waals surface area contributed by atoms with Crippen LogP contribution in [0.4, 0.5) is 5.69 Å². The second-order valence-electron chi connectivity index (χ2n) is 8.18. The Kier molecular flexibility index (Phi) is 5.32. The van der Waals surface area contributed by atoms with E-state index >= 15 is 0 Å². The average Bonchev–Trinajstić information content (AvgIpc) is 2.79. The normalized spacial score (nSPS) is 20.0. The van der Waals surface area contributed by atoms with Gasteiger partial charge in [-0.2, -0.15) is 0 Å². The maximum Gasteiger partial charge on any atom is 0.342 e. The number of hydrogen-bond acceptors (Lipinski definition) is 7. The minimum absolute atomic E-state index is 0.116. The number of carbonyl (C=O) groups excluding carboxylic acids is 2. The van der Waals surface area contributed by atoms with E-state index in [4.69, 9.17) is 30.5 Å².